The summed E-state index contributed by atoms with van der Waals surface area (Å²) in [5.74, 6) is 1.80. The van der Waals surface area contributed by atoms with E-state index < -0.39 is 0 Å². The van der Waals surface area contributed by atoms with E-state index in [0.717, 1.165) is 17.9 Å². The highest BCUT2D eigenvalue weighted by Gasteiger charge is 2.28. The summed E-state index contributed by atoms with van der Waals surface area (Å²) in [5, 5.41) is 0. The van der Waals surface area contributed by atoms with Crippen LogP contribution in [0.3, 0.4) is 0 Å². The van der Waals surface area contributed by atoms with E-state index in [-0.39, 0.29) is 0 Å². The number of rotatable bonds is 5. The topological polar surface area (TPSA) is 12.5 Å². The predicted octanol–water partition coefficient (Wildman–Crippen LogP) is 4.48. The molecule has 1 aliphatic carbocycles. The van der Waals surface area contributed by atoms with Crippen molar-refractivity contribution in [3.8, 4) is 0 Å². The van der Waals surface area contributed by atoms with Gasteiger partial charge in [-0.3, -0.25) is 0 Å². The molecule has 0 spiro atoms. The van der Waals surface area contributed by atoms with E-state index >= 15 is 0 Å². The summed E-state index contributed by atoms with van der Waals surface area (Å²) in [5.41, 5.74) is 0. The Labute approximate surface area is 126 Å². The van der Waals surface area contributed by atoms with Gasteiger partial charge in [0, 0.05) is 19.1 Å². The fourth-order valence-electron chi connectivity index (χ4n) is 3.87. The normalized spacial score (nSPS) is 31.6. The summed E-state index contributed by atoms with van der Waals surface area (Å²) >= 11 is 0. The molecule has 2 aliphatic rings. The Hall–Kier alpha value is -0.0800. The maximum absolute atomic E-state index is 6.40. The molecule has 0 bridgehead atoms. The second-order valence-corrected chi connectivity index (χ2v) is 7.41. The Bertz CT molecular complexity index is 263. The largest absolute Gasteiger partial charge is 0.375 e. The second kappa shape index (κ2) is 7.79. The smallest absolute Gasteiger partial charge is 0.0603 e. The monoisotopic (exact) mass is 281 g/mol. The maximum atomic E-state index is 6.40. The average molecular weight is 281 g/mol. The number of ether oxygens (including phenoxy) is 1. The van der Waals surface area contributed by atoms with Gasteiger partial charge in [0.2, 0.25) is 0 Å². The number of piperidine rings is 1. The molecule has 2 rings (SSSR count). The van der Waals surface area contributed by atoms with Gasteiger partial charge >= 0.3 is 0 Å². The number of nitrogens with zero attached hydrogens (tertiary/aromatic N) is 1. The molecule has 0 amide bonds. The zero-order chi connectivity index (χ0) is 14.5. The molecule has 118 valence electrons. The molecule has 1 heterocycles. The molecule has 1 atom stereocenters. The lowest BCUT2D eigenvalue weighted by Gasteiger charge is -2.38. The molecule has 2 nitrogen and oxygen atoms in total. The van der Waals surface area contributed by atoms with Gasteiger partial charge in [-0.2, -0.15) is 0 Å². The Kier molecular flexibility index (Phi) is 6.35. The van der Waals surface area contributed by atoms with E-state index in [9.17, 15) is 0 Å². The van der Waals surface area contributed by atoms with Crippen LogP contribution in [0.4, 0.5) is 0 Å². The summed E-state index contributed by atoms with van der Waals surface area (Å²) in [7, 11) is 0. The van der Waals surface area contributed by atoms with E-state index in [4.69, 9.17) is 4.74 Å². The fraction of sp³-hybridized carbons (Fsp3) is 1.00. The molecular formula is C18H35NO. The first-order valence-corrected chi connectivity index (χ1v) is 8.99. The minimum absolute atomic E-state index is 0.538. The lowest BCUT2D eigenvalue weighted by atomic mass is 9.80. The van der Waals surface area contributed by atoms with Crippen LogP contribution in [0.5, 0.6) is 0 Å². The summed E-state index contributed by atoms with van der Waals surface area (Å²) in [4.78, 5) is 2.63. The van der Waals surface area contributed by atoms with Crippen LogP contribution in [0, 0.1) is 11.8 Å². The van der Waals surface area contributed by atoms with Crippen LogP contribution < -0.4 is 0 Å². The zero-order valence-electron chi connectivity index (χ0n) is 14.1. The lowest BCUT2D eigenvalue weighted by Crippen LogP contribution is -2.43. The van der Waals surface area contributed by atoms with Gasteiger partial charge in [0.05, 0.1) is 12.2 Å². The van der Waals surface area contributed by atoms with Crippen molar-refractivity contribution >= 4 is 0 Å². The number of hydrogen-bond acceptors (Lipinski definition) is 2. The van der Waals surface area contributed by atoms with E-state index in [0.29, 0.717) is 12.2 Å². The standard InChI is InChI=1S/C18H35NO/c1-5-15(4)19-12-10-18(11-13-19)20-17-8-6-16(7-9-17)14(2)3/h14-18H,5-13H2,1-4H3. The average Bonchev–Trinajstić information content (AvgIpc) is 2.48. The van der Waals surface area contributed by atoms with Crippen molar-refractivity contribution in [2.45, 2.75) is 90.9 Å². The van der Waals surface area contributed by atoms with Gasteiger partial charge in [0.1, 0.15) is 0 Å². The maximum Gasteiger partial charge on any atom is 0.0603 e. The minimum Gasteiger partial charge on any atom is -0.375 e. The molecular weight excluding hydrogens is 246 g/mol. The Balaban J connectivity index is 1.66. The van der Waals surface area contributed by atoms with Gasteiger partial charge in [-0.05, 0) is 63.7 Å². The van der Waals surface area contributed by atoms with Crippen molar-refractivity contribution in [2.24, 2.45) is 11.8 Å². The molecule has 1 unspecified atom stereocenters. The summed E-state index contributed by atoms with van der Waals surface area (Å²) in [6.07, 6.45) is 10.2. The van der Waals surface area contributed by atoms with Gasteiger partial charge in [-0.15, -0.1) is 0 Å². The predicted molar refractivity (Wildman–Crippen MR) is 86.0 cm³/mol. The Morgan fingerprint density at radius 3 is 1.95 bits per heavy atom. The molecule has 0 radical (unpaired) electrons. The van der Waals surface area contributed by atoms with Crippen molar-refractivity contribution in [3.05, 3.63) is 0 Å². The lowest BCUT2D eigenvalue weighted by molar-refractivity contribution is -0.0662. The molecule has 20 heavy (non-hydrogen) atoms. The van der Waals surface area contributed by atoms with Gasteiger partial charge in [0.15, 0.2) is 0 Å². The molecule has 1 aliphatic heterocycles. The van der Waals surface area contributed by atoms with Crippen LogP contribution in [0.2, 0.25) is 0 Å². The molecule has 2 fully saturated rings. The van der Waals surface area contributed by atoms with Crippen molar-refractivity contribution in [2.75, 3.05) is 13.1 Å². The first-order valence-electron chi connectivity index (χ1n) is 8.99. The highest BCUT2D eigenvalue weighted by Crippen LogP contribution is 2.32. The van der Waals surface area contributed by atoms with Crippen molar-refractivity contribution in [3.63, 3.8) is 0 Å². The Morgan fingerprint density at radius 1 is 0.900 bits per heavy atom. The molecule has 2 heteroatoms. The summed E-state index contributed by atoms with van der Waals surface area (Å²) in [6.45, 7) is 11.9. The van der Waals surface area contributed by atoms with Crippen LogP contribution in [0.1, 0.15) is 72.6 Å². The van der Waals surface area contributed by atoms with E-state index in [1.807, 2.05) is 0 Å². The summed E-state index contributed by atoms with van der Waals surface area (Å²) < 4.78 is 6.40. The molecule has 0 aromatic heterocycles. The van der Waals surface area contributed by atoms with Crippen molar-refractivity contribution in [1.82, 2.24) is 4.90 Å². The second-order valence-electron chi connectivity index (χ2n) is 7.41. The highest BCUT2D eigenvalue weighted by molar-refractivity contribution is 4.79. The van der Waals surface area contributed by atoms with Crippen molar-refractivity contribution in [1.29, 1.82) is 0 Å². The molecule has 1 saturated carbocycles. The number of hydrogen-bond donors (Lipinski definition) is 0. The van der Waals surface area contributed by atoms with E-state index in [1.165, 1.54) is 58.0 Å². The quantitative estimate of drug-likeness (QED) is 0.736. The van der Waals surface area contributed by atoms with Gasteiger partial charge in [-0.1, -0.05) is 20.8 Å². The van der Waals surface area contributed by atoms with Crippen molar-refractivity contribution < 1.29 is 4.74 Å². The van der Waals surface area contributed by atoms with Crippen LogP contribution in [-0.4, -0.2) is 36.2 Å². The van der Waals surface area contributed by atoms with E-state index in [1.54, 1.807) is 0 Å². The van der Waals surface area contributed by atoms with Gasteiger partial charge in [-0.25, -0.2) is 0 Å². The third-order valence-corrected chi connectivity index (χ3v) is 5.74. The van der Waals surface area contributed by atoms with E-state index in [2.05, 4.69) is 32.6 Å². The first-order chi connectivity index (χ1) is 9.60. The third-order valence-electron chi connectivity index (χ3n) is 5.74. The first kappa shape index (κ1) is 16.3. The molecule has 0 aromatic rings. The van der Waals surface area contributed by atoms with Crippen LogP contribution in [0.25, 0.3) is 0 Å². The third kappa shape index (κ3) is 4.46. The SMILES string of the molecule is CCC(C)N1CCC(OC2CCC(C(C)C)CC2)CC1. The minimum atomic E-state index is 0.538. The van der Waals surface area contributed by atoms with Crippen LogP contribution >= 0.6 is 0 Å². The molecule has 1 saturated heterocycles. The Morgan fingerprint density at radius 2 is 1.45 bits per heavy atom. The van der Waals surface area contributed by atoms with Crippen LogP contribution in [0.15, 0.2) is 0 Å². The van der Waals surface area contributed by atoms with Gasteiger partial charge < -0.3 is 9.64 Å². The fourth-order valence-corrected chi connectivity index (χ4v) is 3.87. The summed E-state index contributed by atoms with van der Waals surface area (Å²) in [6, 6.07) is 0.748. The van der Waals surface area contributed by atoms with Crippen LogP contribution in [-0.2, 0) is 4.74 Å². The molecule has 0 aromatic carbocycles. The zero-order valence-corrected chi connectivity index (χ0v) is 14.1. The number of likely N-dealkylation sites (tertiary alicyclic amines) is 1. The molecule has 0 N–H and O–H groups in total. The highest BCUT2D eigenvalue weighted by atomic mass is 16.5. The van der Waals surface area contributed by atoms with Gasteiger partial charge in [0.25, 0.3) is 0 Å².